The van der Waals surface area contributed by atoms with Gasteiger partial charge in [0.25, 0.3) is 0 Å². The Labute approximate surface area is 131 Å². The number of carbonyl (C=O) groups excluding carboxylic acids is 1. The number of amides is 1. The first-order valence-electron chi connectivity index (χ1n) is 6.57. The summed E-state index contributed by atoms with van der Waals surface area (Å²) in [7, 11) is 0. The number of nitrogens with one attached hydrogen (secondary N) is 1. The van der Waals surface area contributed by atoms with Crippen LogP contribution in [0, 0.1) is 0 Å². The first-order valence-corrected chi connectivity index (χ1v) is 7.55. The first kappa shape index (κ1) is 14.4. The third-order valence-corrected chi connectivity index (χ3v) is 3.73. The van der Waals surface area contributed by atoms with Gasteiger partial charge in [0.15, 0.2) is 11.5 Å². The van der Waals surface area contributed by atoms with Crippen LogP contribution in [0.1, 0.15) is 5.56 Å². The summed E-state index contributed by atoms with van der Waals surface area (Å²) in [6, 6.07) is 11.0. The molecule has 0 unspecified atom stereocenters. The maximum absolute atomic E-state index is 11.7. The first-order chi connectivity index (χ1) is 10.8. The minimum atomic E-state index is -0.187. The Bertz CT molecular complexity index is 692. The fourth-order valence-corrected chi connectivity index (χ4v) is 2.43. The lowest BCUT2D eigenvalue weighted by Crippen LogP contribution is -2.19. The number of carbonyl (C=O) groups is 1. The molecule has 1 aliphatic rings. The molecule has 1 aromatic heterocycles. The van der Waals surface area contributed by atoms with Crippen LogP contribution in [0.5, 0.6) is 11.5 Å². The zero-order valence-electron chi connectivity index (χ0n) is 11.6. The molecule has 0 saturated carbocycles. The average molecular weight is 315 g/mol. The number of rotatable bonds is 5. The highest BCUT2D eigenvalue weighted by Crippen LogP contribution is 2.31. The molecule has 6 nitrogen and oxygen atoms in total. The van der Waals surface area contributed by atoms with Gasteiger partial charge in [-0.1, -0.05) is 17.8 Å². The van der Waals surface area contributed by atoms with Gasteiger partial charge in [-0.05, 0) is 35.9 Å². The smallest absolute Gasteiger partial charge is 0.250 e. The molecule has 0 fully saturated rings. The quantitative estimate of drug-likeness (QED) is 0.519. The molecule has 2 aromatic rings. The zero-order valence-corrected chi connectivity index (χ0v) is 12.4. The Morgan fingerprint density at radius 3 is 3.09 bits per heavy atom. The van der Waals surface area contributed by atoms with Gasteiger partial charge in [0.05, 0.1) is 17.0 Å². The second-order valence-electron chi connectivity index (χ2n) is 4.36. The lowest BCUT2D eigenvalue weighted by atomic mass is 10.2. The molecular formula is C15H13N3O3S. The summed E-state index contributed by atoms with van der Waals surface area (Å²) in [5.74, 6) is 1.47. The number of benzene rings is 1. The Morgan fingerprint density at radius 1 is 1.32 bits per heavy atom. The van der Waals surface area contributed by atoms with Gasteiger partial charge in [-0.3, -0.25) is 4.79 Å². The van der Waals surface area contributed by atoms with Crippen LogP contribution in [0.15, 0.2) is 52.7 Å². The van der Waals surface area contributed by atoms with Crippen molar-refractivity contribution >= 4 is 23.9 Å². The summed E-state index contributed by atoms with van der Waals surface area (Å²) < 4.78 is 10.5. The average Bonchev–Trinajstić information content (AvgIpc) is 3.02. The van der Waals surface area contributed by atoms with Gasteiger partial charge in [-0.25, -0.2) is 10.4 Å². The Morgan fingerprint density at radius 2 is 2.23 bits per heavy atom. The molecule has 1 aliphatic heterocycles. The van der Waals surface area contributed by atoms with Gasteiger partial charge in [0.2, 0.25) is 12.7 Å². The van der Waals surface area contributed by atoms with E-state index in [1.165, 1.54) is 11.8 Å². The lowest BCUT2D eigenvalue weighted by molar-refractivity contribution is -0.118. The van der Waals surface area contributed by atoms with Crippen LogP contribution in [0.3, 0.4) is 0 Å². The van der Waals surface area contributed by atoms with Crippen molar-refractivity contribution in [2.24, 2.45) is 5.10 Å². The van der Waals surface area contributed by atoms with Crippen LogP contribution in [0.25, 0.3) is 0 Å². The number of aromatic nitrogens is 1. The Balaban J connectivity index is 1.48. The summed E-state index contributed by atoms with van der Waals surface area (Å²) in [6.45, 7) is 0.234. The fourth-order valence-electron chi connectivity index (χ4n) is 1.78. The molecule has 2 heterocycles. The van der Waals surface area contributed by atoms with Crippen molar-refractivity contribution in [1.29, 1.82) is 0 Å². The topological polar surface area (TPSA) is 72.8 Å². The lowest BCUT2D eigenvalue weighted by Gasteiger charge is -2.00. The van der Waals surface area contributed by atoms with Crippen molar-refractivity contribution in [3.63, 3.8) is 0 Å². The van der Waals surface area contributed by atoms with E-state index in [2.05, 4.69) is 15.5 Å². The van der Waals surface area contributed by atoms with E-state index < -0.39 is 0 Å². The van der Waals surface area contributed by atoms with E-state index in [-0.39, 0.29) is 18.5 Å². The molecule has 112 valence electrons. The predicted molar refractivity (Wildman–Crippen MR) is 83.3 cm³/mol. The van der Waals surface area contributed by atoms with Crippen molar-refractivity contribution in [1.82, 2.24) is 10.4 Å². The molecule has 3 rings (SSSR count). The van der Waals surface area contributed by atoms with E-state index >= 15 is 0 Å². The van der Waals surface area contributed by atoms with Gasteiger partial charge in [0.1, 0.15) is 0 Å². The molecule has 0 atom stereocenters. The van der Waals surface area contributed by atoms with E-state index in [1.807, 2.05) is 30.3 Å². The Kier molecular flexibility index (Phi) is 4.55. The standard InChI is InChI=1S/C15H13N3O3S/c19-14(9-22-15-3-1-2-6-16-15)18-17-8-11-4-5-12-13(7-11)21-10-20-12/h1-8H,9-10H2,(H,18,19)/b17-8+. The number of hydrogen-bond acceptors (Lipinski definition) is 6. The maximum atomic E-state index is 11.7. The highest BCUT2D eigenvalue weighted by molar-refractivity contribution is 7.99. The minimum absolute atomic E-state index is 0.187. The molecule has 1 N–H and O–H groups in total. The second kappa shape index (κ2) is 6.95. The van der Waals surface area contributed by atoms with Gasteiger partial charge in [-0.15, -0.1) is 0 Å². The number of thioether (sulfide) groups is 1. The van der Waals surface area contributed by atoms with E-state index in [0.717, 1.165) is 10.6 Å². The van der Waals surface area contributed by atoms with Crippen LogP contribution >= 0.6 is 11.8 Å². The van der Waals surface area contributed by atoms with Gasteiger partial charge in [0, 0.05) is 6.20 Å². The molecular weight excluding hydrogens is 302 g/mol. The summed E-state index contributed by atoms with van der Waals surface area (Å²) in [4.78, 5) is 15.8. The van der Waals surface area contributed by atoms with Crippen LogP contribution < -0.4 is 14.9 Å². The predicted octanol–water partition coefficient (Wildman–Crippen LogP) is 2.05. The van der Waals surface area contributed by atoms with Crippen LogP contribution in [0.4, 0.5) is 0 Å². The molecule has 0 radical (unpaired) electrons. The monoisotopic (exact) mass is 315 g/mol. The molecule has 22 heavy (non-hydrogen) atoms. The molecule has 0 saturated heterocycles. The van der Waals surface area contributed by atoms with Crippen molar-refractivity contribution in [2.45, 2.75) is 5.03 Å². The second-order valence-corrected chi connectivity index (χ2v) is 5.36. The normalized spacial score (nSPS) is 12.5. The zero-order chi connectivity index (χ0) is 15.2. The van der Waals surface area contributed by atoms with Crippen molar-refractivity contribution in [3.05, 3.63) is 48.2 Å². The Hall–Kier alpha value is -2.54. The molecule has 1 amide bonds. The van der Waals surface area contributed by atoms with E-state index in [0.29, 0.717) is 11.5 Å². The fraction of sp³-hybridized carbons (Fsp3) is 0.133. The van der Waals surface area contributed by atoms with E-state index in [9.17, 15) is 4.79 Å². The van der Waals surface area contributed by atoms with Crippen molar-refractivity contribution in [3.8, 4) is 11.5 Å². The number of hydrazone groups is 1. The highest BCUT2D eigenvalue weighted by Gasteiger charge is 2.12. The maximum Gasteiger partial charge on any atom is 0.250 e. The van der Waals surface area contributed by atoms with Crippen LogP contribution in [0.2, 0.25) is 0 Å². The van der Waals surface area contributed by atoms with Crippen LogP contribution in [-0.4, -0.2) is 29.7 Å². The third-order valence-electron chi connectivity index (χ3n) is 2.79. The molecule has 0 bridgehead atoms. The molecule has 0 spiro atoms. The number of nitrogens with zero attached hydrogens (tertiary/aromatic N) is 2. The summed E-state index contributed by atoms with van der Waals surface area (Å²) >= 11 is 1.36. The third kappa shape index (κ3) is 3.76. The SMILES string of the molecule is O=C(CSc1ccccn1)N/N=C/c1ccc2c(c1)OCO2. The van der Waals surface area contributed by atoms with Crippen molar-refractivity contribution < 1.29 is 14.3 Å². The largest absolute Gasteiger partial charge is 0.454 e. The van der Waals surface area contributed by atoms with E-state index in [1.54, 1.807) is 18.5 Å². The van der Waals surface area contributed by atoms with Gasteiger partial charge >= 0.3 is 0 Å². The number of ether oxygens (including phenoxy) is 2. The van der Waals surface area contributed by atoms with Gasteiger partial charge < -0.3 is 9.47 Å². The molecule has 7 heteroatoms. The summed E-state index contributed by atoms with van der Waals surface area (Å²) in [5, 5.41) is 4.73. The summed E-state index contributed by atoms with van der Waals surface area (Å²) in [5.41, 5.74) is 3.30. The van der Waals surface area contributed by atoms with E-state index in [4.69, 9.17) is 9.47 Å². The van der Waals surface area contributed by atoms with Gasteiger partial charge in [-0.2, -0.15) is 5.10 Å². The molecule has 0 aliphatic carbocycles. The van der Waals surface area contributed by atoms with Crippen molar-refractivity contribution in [2.75, 3.05) is 12.5 Å². The number of pyridine rings is 1. The van der Waals surface area contributed by atoms with Crippen LogP contribution in [-0.2, 0) is 4.79 Å². The highest BCUT2D eigenvalue weighted by atomic mass is 32.2. The summed E-state index contributed by atoms with van der Waals surface area (Å²) in [6.07, 6.45) is 3.25. The number of hydrogen-bond donors (Lipinski definition) is 1. The number of fused-ring (bicyclic) bond motifs is 1. The molecule has 1 aromatic carbocycles. The minimum Gasteiger partial charge on any atom is -0.454 e.